The summed E-state index contributed by atoms with van der Waals surface area (Å²) in [6.45, 7) is 3.83. The summed E-state index contributed by atoms with van der Waals surface area (Å²) in [6.07, 6.45) is 7.32. The van der Waals surface area contributed by atoms with E-state index in [0.29, 0.717) is 34.3 Å². The number of hydrogen-bond acceptors (Lipinski definition) is 8. The van der Waals surface area contributed by atoms with Crippen molar-refractivity contribution in [2.45, 2.75) is 70.8 Å². The molecule has 10 nitrogen and oxygen atoms in total. The van der Waals surface area contributed by atoms with Crippen LogP contribution in [-0.4, -0.2) is 56.6 Å². The number of carbonyl (C=O) groups is 4. The molecule has 2 aromatic carbocycles. The summed E-state index contributed by atoms with van der Waals surface area (Å²) in [5, 5.41) is 17.9. The first-order chi connectivity index (χ1) is 25.4. The van der Waals surface area contributed by atoms with Gasteiger partial charge in [0.25, 0.3) is 0 Å². The van der Waals surface area contributed by atoms with Crippen molar-refractivity contribution in [3.63, 3.8) is 0 Å². The average molecular weight is 753 g/mol. The summed E-state index contributed by atoms with van der Waals surface area (Å²) in [5.74, 6) is -3.42. The first kappa shape index (κ1) is 34.3. The van der Waals surface area contributed by atoms with Crippen molar-refractivity contribution in [1.29, 1.82) is 0 Å². The van der Waals surface area contributed by atoms with Crippen molar-refractivity contribution in [3.05, 3.63) is 70.3 Å². The van der Waals surface area contributed by atoms with Crippen molar-refractivity contribution in [3.8, 4) is 22.1 Å². The molecule has 2 saturated carbocycles. The van der Waals surface area contributed by atoms with E-state index >= 15 is 4.79 Å². The van der Waals surface area contributed by atoms with Crippen LogP contribution in [-0.2, 0) is 26.2 Å². The number of methoxy groups -OCH3 is 1. The molecular weight excluding hydrogens is 712 g/mol. The monoisotopic (exact) mass is 752 g/mol. The number of halogens is 1. The highest BCUT2D eigenvalue weighted by Crippen LogP contribution is 2.65. The molecule has 0 radical (unpaired) electrons. The molecule has 9 rings (SSSR count). The predicted molar refractivity (Wildman–Crippen MR) is 202 cm³/mol. The van der Waals surface area contributed by atoms with Crippen LogP contribution in [0.5, 0.6) is 11.5 Å². The Morgan fingerprint density at radius 3 is 2.51 bits per heavy atom. The van der Waals surface area contributed by atoms with Crippen molar-refractivity contribution >= 4 is 62.5 Å². The Hall–Kier alpha value is -4.48. The SMILES string of the molecule is COc1ccc(O)c([C@H]2C3=CC[C@@H]4C(=O)N(C5CCCCC5)C(=O)[C@@H]4[C@@H]3C[C@H]3C(=O)N(c4cc(-c5sc6ccc(Cl)cc6c5C)nn4C)C(=O)[C@@]23C)c1. The third kappa shape index (κ3) is 4.85. The lowest BCUT2D eigenvalue weighted by atomic mass is 9.51. The minimum Gasteiger partial charge on any atom is -0.508 e. The predicted octanol–water partition coefficient (Wildman–Crippen LogP) is 7.54. The van der Waals surface area contributed by atoms with E-state index in [1.54, 1.807) is 52.2 Å². The van der Waals surface area contributed by atoms with Crippen LogP contribution in [0.25, 0.3) is 20.7 Å². The molecule has 2 aliphatic heterocycles. The Bertz CT molecular complexity index is 2290. The molecule has 0 spiro atoms. The van der Waals surface area contributed by atoms with Gasteiger partial charge in [-0.05, 0) is 92.8 Å². The van der Waals surface area contributed by atoms with Gasteiger partial charge in [-0.1, -0.05) is 42.5 Å². The number of fused-ring (bicyclic) bond motifs is 5. The molecule has 4 aromatic rings. The highest BCUT2D eigenvalue weighted by atomic mass is 35.5. The maximum absolute atomic E-state index is 15.1. The summed E-state index contributed by atoms with van der Waals surface area (Å²) in [4.78, 5) is 62.2. The number of phenols is 1. The van der Waals surface area contributed by atoms with E-state index in [0.717, 1.165) is 58.2 Å². The summed E-state index contributed by atoms with van der Waals surface area (Å²) < 4.78 is 8.21. The van der Waals surface area contributed by atoms with E-state index in [1.165, 1.54) is 12.0 Å². The molecule has 0 bridgehead atoms. The van der Waals surface area contributed by atoms with Crippen LogP contribution >= 0.6 is 22.9 Å². The highest BCUT2D eigenvalue weighted by Gasteiger charge is 2.68. The van der Waals surface area contributed by atoms with E-state index in [4.69, 9.17) is 21.4 Å². The number of aromatic nitrogens is 2. The number of nitrogens with zero attached hydrogens (tertiary/aromatic N) is 4. The Morgan fingerprint density at radius 2 is 1.75 bits per heavy atom. The number of aryl methyl sites for hydroxylation is 2. The molecule has 12 heteroatoms. The van der Waals surface area contributed by atoms with Gasteiger partial charge in [-0.3, -0.25) is 28.8 Å². The van der Waals surface area contributed by atoms with E-state index in [1.807, 2.05) is 38.1 Å². The number of carbonyl (C=O) groups excluding carboxylic acids is 4. The molecule has 2 saturated heterocycles. The molecule has 4 heterocycles. The topological polar surface area (TPSA) is 122 Å². The molecule has 53 heavy (non-hydrogen) atoms. The van der Waals surface area contributed by atoms with E-state index in [2.05, 4.69) is 0 Å². The molecule has 4 amide bonds. The number of amides is 4. The normalized spacial score (nSPS) is 28.8. The van der Waals surface area contributed by atoms with Crippen molar-refractivity contribution in [2.75, 3.05) is 12.0 Å². The van der Waals surface area contributed by atoms with Gasteiger partial charge in [0.1, 0.15) is 23.0 Å². The first-order valence-corrected chi connectivity index (χ1v) is 19.7. The second-order valence-corrected chi connectivity index (χ2v) is 17.1. The summed E-state index contributed by atoms with van der Waals surface area (Å²) in [6, 6.07) is 12.4. The molecular formula is C41H41ClN4O6S. The molecule has 4 fully saturated rings. The van der Waals surface area contributed by atoms with Gasteiger partial charge in [-0.25, -0.2) is 4.90 Å². The van der Waals surface area contributed by atoms with Crippen LogP contribution in [0.2, 0.25) is 5.02 Å². The molecule has 274 valence electrons. The van der Waals surface area contributed by atoms with Gasteiger partial charge in [0.15, 0.2) is 0 Å². The van der Waals surface area contributed by atoms with Crippen molar-refractivity contribution < 1.29 is 29.0 Å². The van der Waals surface area contributed by atoms with Crippen LogP contribution < -0.4 is 9.64 Å². The highest BCUT2D eigenvalue weighted by molar-refractivity contribution is 7.22. The first-order valence-electron chi connectivity index (χ1n) is 18.5. The molecule has 3 aliphatic carbocycles. The number of benzene rings is 2. The lowest BCUT2D eigenvalue weighted by Gasteiger charge is -2.49. The van der Waals surface area contributed by atoms with Gasteiger partial charge in [-0.2, -0.15) is 5.10 Å². The molecule has 1 N–H and O–H groups in total. The van der Waals surface area contributed by atoms with Gasteiger partial charge in [0.05, 0.1) is 35.2 Å². The Kier molecular flexibility index (Phi) is 7.95. The number of hydrogen-bond donors (Lipinski definition) is 1. The van der Waals surface area contributed by atoms with Crippen molar-refractivity contribution in [2.24, 2.45) is 36.1 Å². The van der Waals surface area contributed by atoms with Crippen LogP contribution in [0.1, 0.15) is 68.9 Å². The van der Waals surface area contributed by atoms with Gasteiger partial charge < -0.3 is 9.84 Å². The third-order valence-corrected chi connectivity index (χ3v) is 14.5. The zero-order valence-electron chi connectivity index (χ0n) is 30.1. The Labute approximate surface area is 316 Å². The molecule has 5 aliphatic rings. The molecule has 0 unspecified atom stereocenters. The third-order valence-electron chi connectivity index (χ3n) is 13.0. The Morgan fingerprint density at radius 1 is 0.981 bits per heavy atom. The number of phenolic OH excluding ortho intramolecular Hbond substituents is 1. The fourth-order valence-electron chi connectivity index (χ4n) is 10.4. The number of ether oxygens (including phenoxy) is 1. The average Bonchev–Trinajstić information content (AvgIpc) is 3.82. The number of allylic oxidation sites excluding steroid dienone is 2. The standard InChI is InChI=1S/C41H41ClN4O6S/c1-20-26-16-21(42)10-15-32(26)53-36(20)30-19-33(44(3)43-30)46-38(49)29-18-27-24(35(41(29,2)40(46)51)28-17-23(52-4)11-14-31(28)47)12-13-25-34(27)39(50)45(37(25)48)22-8-6-5-7-9-22/h10-12,14-17,19,22,25,27,29,34-35,47H,5-9,13,18H2,1-4H3/t25-,27+,29-,34-,35+,41+/m0/s1. The second kappa shape index (κ2) is 12.3. The van der Waals surface area contributed by atoms with Gasteiger partial charge in [0.2, 0.25) is 23.6 Å². The number of likely N-dealkylation sites (tertiary alicyclic amines) is 1. The van der Waals surface area contributed by atoms with Crippen molar-refractivity contribution in [1.82, 2.24) is 14.7 Å². The molecule has 6 atom stereocenters. The van der Waals surface area contributed by atoms with Crippen LogP contribution in [0.3, 0.4) is 0 Å². The van der Waals surface area contributed by atoms with Crippen LogP contribution in [0.4, 0.5) is 5.82 Å². The quantitative estimate of drug-likeness (QED) is 0.165. The fraction of sp³-hybridized carbons (Fsp3) is 0.439. The van der Waals surface area contributed by atoms with Gasteiger partial charge in [0, 0.05) is 40.4 Å². The zero-order valence-corrected chi connectivity index (χ0v) is 31.7. The fourth-order valence-corrected chi connectivity index (χ4v) is 11.7. The maximum Gasteiger partial charge on any atom is 0.242 e. The number of rotatable bonds is 5. The van der Waals surface area contributed by atoms with E-state index in [9.17, 15) is 19.5 Å². The van der Waals surface area contributed by atoms with Gasteiger partial charge >= 0.3 is 0 Å². The van der Waals surface area contributed by atoms with Crippen LogP contribution in [0, 0.1) is 36.0 Å². The van der Waals surface area contributed by atoms with E-state index in [-0.39, 0.29) is 35.9 Å². The lowest BCUT2D eigenvalue weighted by Crippen LogP contribution is -2.49. The number of aromatic hydroxyl groups is 1. The van der Waals surface area contributed by atoms with Gasteiger partial charge in [-0.15, -0.1) is 11.3 Å². The van der Waals surface area contributed by atoms with Crippen LogP contribution in [0.15, 0.2) is 54.1 Å². The number of thiophene rings is 1. The largest absolute Gasteiger partial charge is 0.508 e. The molecule has 2 aromatic heterocycles. The number of imide groups is 2. The Balaban J connectivity index is 1.16. The lowest BCUT2D eigenvalue weighted by molar-refractivity contribution is -0.144. The summed E-state index contributed by atoms with van der Waals surface area (Å²) >= 11 is 7.89. The smallest absolute Gasteiger partial charge is 0.242 e. The minimum atomic E-state index is -1.32. The number of anilines is 1. The summed E-state index contributed by atoms with van der Waals surface area (Å²) in [7, 11) is 3.26. The minimum absolute atomic E-state index is 0.0287. The second-order valence-electron chi connectivity index (χ2n) is 15.6. The summed E-state index contributed by atoms with van der Waals surface area (Å²) in [5.41, 5.74) is 1.61. The van der Waals surface area contributed by atoms with E-state index < -0.39 is 40.9 Å². The zero-order chi connectivity index (χ0) is 37.1. The maximum atomic E-state index is 15.1.